The van der Waals surface area contributed by atoms with Crippen molar-refractivity contribution in [2.75, 3.05) is 13.7 Å². The Kier molecular flexibility index (Phi) is 6.74. The third-order valence-corrected chi connectivity index (χ3v) is 5.06. The van der Waals surface area contributed by atoms with E-state index in [1.54, 1.807) is 32.4 Å². The second-order valence-corrected chi connectivity index (χ2v) is 6.78. The fourth-order valence-electron chi connectivity index (χ4n) is 3.42. The summed E-state index contributed by atoms with van der Waals surface area (Å²) in [5.74, 6) is -1.88. The van der Waals surface area contributed by atoms with Gasteiger partial charge in [0.25, 0.3) is 5.91 Å². The van der Waals surface area contributed by atoms with Crippen molar-refractivity contribution in [3.63, 3.8) is 0 Å². The van der Waals surface area contributed by atoms with Crippen molar-refractivity contribution in [3.05, 3.63) is 70.8 Å². The van der Waals surface area contributed by atoms with E-state index in [0.29, 0.717) is 16.8 Å². The maximum Gasteiger partial charge on any atom is 0.354 e. The van der Waals surface area contributed by atoms with Crippen LogP contribution < -0.4 is 0 Å². The Labute approximate surface area is 169 Å². The third-order valence-electron chi connectivity index (χ3n) is 5.06. The summed E-state index contributed by atoms with van der Waals surface area (Å²) in [5, 5.41) is 0. The van der Waals surface area contributed by atoms with E-state index in [9.17, 15) is 18.8 Å². The molecule has 0 aliphatic heterocycles. The summed E-state index contributed by atoms with van der Waals surface area (Å²) in [6, 6.07) is 4.45. The predicted octanol–water partition coefficient (Wildman–Crippen LogP) is 3.47. The lowest BCUT2D eigenvalue weighted by Gasteiger charge is -2.27. The van der Waals surface area contributed by atoms with Gasteiger partial charge in [0.05, 0.1) is 13.2 Å². The number of nitrogens with zero attached hydrogens (tertiary/aromatic N) is 2. The van der Waals surface area contributed by atoms with Gasteiger partial charge in [-0.15, -0.1) is 6.58 Å². The zero-order valence-electron chi connectivity index (χ0n) is 17.3. The number of Topliss-reactive ketones (excluding diaryl/α,β-unsaturated/α-hetero) is 1. The van der Waals surface area contributed by atoms with Gasteiger partial charge in [0.2, 0.25) is 0 Å². The van der Waals surface area contributed by atoms with Crippen LogP contribution >= 0.6 is 0 Å². The maximum absolute atomic E-state index is 13.6. The molecule has 0 saturated heterocycles. The lowest BCUT2D eigenvalue weighted by Crippen LogP contribution is -2.43. The number of benzene rings is 1. The van der Waals surface area contributed by atoms with E-state index in [2.05, 4.69) is 6.58 Å². The fraction of sp³-hybridized carbons (Fsp3) is 0.318. The molecule has 1 aromatic carbocycles. The van der Waals surface area contributed by atoms with Gasteiger partial charge in [0.1, 0.15) is 11.5 Å². The summed E-state index contributed by atoms with van der Waals surface area (Å²) in [5.41, 5.74) is 1.87. The highest BCUT2D eigenvalue weighted by atomic mass is 19.1. The van der Waals surface area contributed by atoms with Crippen LogP contribution in [0.15, 0.2) is 36.9 Å². The number of halogens is 1. The number of hydrogen-bond acceptors (Lipinski definition) is 4. The summed E-state index contributed by atoms with van der Waals surface area (Å²) in [6.45, 7) is 8.76. The molecule has 154 valence electrons. The average molecular weight is 400 g/mol. The first-order chi connectivity index (χ1) is 13.6. The normalized spacial score (nSPS) is 11.7. The second-order valence-electron chi connectivity index (χ2n) is 6.78. The number of methoxy groups -OCH3 is 1. The molecule has 1 aromatic heterocycles. The number of aromatic nitrogens is 1. The number of rotatable bonds is 7. The lowest BCUT2D eigenvalue weighted by atomic mass is 9.99. The van der Waals surface area contributed by atoms with Crippen molar-refractivity contribution >= 4 is 17.7 Å². The molecule has 2 rings (SSSR count). The molecule has 0 N–H and O–H groups in total. The van der Waals surface area contributed by atoms with Crippen LogP contribution in [-0.4, -0.2) is 46.8 Å². The van der Waals surface area contributed by atoms with Gasteiger partial charge in [-0.2, -0.15) is 0 Å². The molecule has 0 spiro atoms. The van der Waals surface area contributed by atoms with Crippen LogP contribution in [0, 0.1) is 19.7 Å². The number of ketones is 1. The van der Waals surface area contributed by atoms with Crippen LogP contribution in [0.4, 0.5) is 4.39 Å². The van der Waals surface area contributed by atoms with Gasteiger partial charge in [-0.1, -0.05) is 12.1 Å². The Hall–Kier alpha value is -3.22. The number of esters is 1. The highest BCUT2D eigenvalue weighted by molar-refractivity contribution is 6.07. The van der Waals surface area contributed by atoms with E-state index < -0.39 is 23.7 Å². The molecule has 0 saturated carbocycles. The molecule has 0 unspecified atom stereocenters. The first kappa shape index (κ1) is 22.1. The van der Waals surface area contributed by atoms with E-state index in [1.807, 2.05) is 0 Å². The van der Waals surface area contributed by atoms with Gasteiger partial charge in [0.15, 0.2) is 5.78 Å². The van der Waals surface area contributed by atoms with Crippen LogP contribution in [0.2, 0.25) is 0 Å². The Balaban J connectivity index is 2.47. The van der Waals surface area contributed by atoms with Crippen molar-refractivity contribution in [1.82, 2.24) is 9.47 Å². The molecule has 6 nitrogen and oxygen atoms in total. The number of amides is 1. The number of hydrogen-bond donors (Lipinski definition) is 0. The van der Waals surface area contributed by atoms with Gasteiger partial charge in [0, 0.05) is 30.4 Å². The Bertz CT molecular complexity index is 977. The largest absolute Gasteiger partial charge is 0.464 e. The average Bonchev–Trinajstić information content (AvgIpc) is 2.92. The summed E-state index contributed by atoms with van der Waals surface area (Å²) < 4.78 is 20.0. The van der Waals surface area contributed by atoms with Crippen molar-refractivity contribution in [1.29, 1.82) is 0 Å². The third kappa shape index (κ3) is 4.13. The van der Waals surface area contributed by atoms with Crippen molar-refractivity contribution < 1.29 is 23.5 Å². The summed E-state index contributed by atoms with van der Waals surface area (Å²) >= 11 is 0. The molecule has 0 fully saturated rings. The zero-order valence-corrected chi connectivity index (χ0v) is 17.3. The monoisotopic (exact) mass is 400 g/mol. The first-order valence-electron chi connectivity index (χ1n) is 9.11. The standard InChI is InChI=1S/C22H25FN2O4/c1-7-11-25(21(27)16-9-8-10-17(23)12-16)15(4)20(26)18-13(2)19(22(28)29-6)24(5)14(18)3/h7-10,12,15H,1,11H2,2-6H3/t15-/m0/s1. The molecule has 2 aromatic rings. The van der Waals surface area contributed by atoms with Crippen LogP contribution in [-0.2, 0) is 11.8 Å². The minimum absolute atomic E-state index is 0.108. The van der Waals surface area contributed by atoms with Crippen molar-refractivity contribution in [2.24, 2.45) is 7.05 Å². The highest BCUT2D eigenvalue weighted by Crippen LogP contribution is 2.25. The van der Waals surface area contributed by atoms with E-state index in [-0.39, 0.29) is 23.6 Å². The molecule has 0 aliphatic carbocycles. The summed E-state index contributed by atoms with van der Waals surface area (Å²) in [6.07, 6.45) is 1.51. The molecule has 0 bridgehead atoms. The summed E-state index contributed by atoms with van der Waals surface area (Å²) in [4.78, 5) is 39.7. The molecule has 0 aliphatic rings. The van der Waals surface area contributed by atoms with Crippen LogP contribution in [0.3, 0.4) is 0 Å². The van der Waals surface area contributed by atoms with Gasteiger partial charge < -0.3 is 14.2 Å². The van der Waals surface area contributed by atoms with Crippen LogP contribution in [0.5, 0.6) is 0 Å². The fourth-order valence-corrected chi connectivity index (χ4v) is 3.42. The van der Waals surface area contributed by atoms with Gasteiger partial charge in [-0.25, -0.2) is 9.18 Å². The van der Waals surface area contributed by atoms with Gasteiger partial charge >= 0.3 is 5.97 Å². The molecule has 1 atom stereocenters. The Morgan fingerprint density at radius 3 is 2.52 bits per heavy atom. The van der Waals surface area contributed by atoms with Crippen molar-refractivity contribution in [2.45, 2.75) is 26.8 Å². The second kappa shape index (κ2) is 8.86. The predicted molar refractivity (Wildman–Crippen MR) is 108 cm³/mol. The number of ether oxygens (including phenoxy) is 1. The molecule has 0 radical (unpaired) electrons. The number of carbonyl (C=O) groups excluding carboxylic acids is 3. The smallest absolute Gasteiger partial charge is 0.354 e. The SMILES string of the molecule is C=CCN(C(=O)c1cccc(F)c1)[C@@H](C)C(=O)c1c(C)c(C(=O)OC)n(C)c1C. The molecular formula is C22H25FN2O4. The maximum atomic E-state index is 13.6. The van der Waals surface area contributed by atoms with Crippen LogP contribution in [0.25, 0.3) is 0 Å². The van der Waals surface area contributed by atoms with E-state index in [0.717, 1.165) is 6.07 Å². The topological polar surface area (TPSA) is 68.6 Å². The minimum atomic E-state index is -0.853. The Morgan fingerprint density at radius 2 is 1.97 bits per heavy atom. The molecular weight excluding hydrogens is 375 g/mol. The minimum Gasteiger partial charge on any atom is -0.464 e. The summed E-state index contributed by atoms with van der Waals surface area (Å²) in [7, 11) is 2.95. The molecule has 7 heteroatoms. The zero-order chi connectivity index (χ0) is 21.9. The lowest BCUT2D eigenvalue weighted by molar-refractivity contribution is 0.0588. The van der Waals surface area contributed by atoms with Gasteiger partial charge in [-0.3, -0.25) is 9.59 Å². The first-order valence-corrected chi connectivity index (χ1v) is 9.11. The van der Waals surface area contributed by atoms with Crippen molar-refractivity contribution in [3.8, 4) is 0 Å². The highest BCUT2D eigenvalue weighted by Gasteiger charge is 2.32. The molecule has 1 heterocycles. The van der Waals surface area contributed by atoms with E-state index in [1.165, 1.54) is 36.3 Å². The van der Waals surface area contributed by atoms with E-state index >= 15 is 0 Å². The Morgan fingerprint density at radius 1 is 1.31 bits per heavy atom. The van der Waals surface area contributed by atoms with Crippen LogP contribution in [0.1, 0.15) is 49.4 Å². The van der Waals surface area contributed by atoms with E-state index in [4.69, 9.17) is 4.74 Å². The number of carbonyl (C=O) groups is 3. The molecule has 1 amide bonds. The molecule has 29 heavy (non-hydrogen) atoms. The van der Waals surface area contributed by atoms with Gasteiger partial charge in [-0.05, 0) is 44.5 Å². The quantitative estimate of drug-likeness (QED) is 0.405.